The van der Waals surface area contributed by atoms with Crippen molar-refractivity contribution in [3.05, 3.63) is 30.1 Å². The SMILES string of the molecule is C[C@@H]1OCCC[C@@H]1C(=O)N1CCC(c2ccncc2)CC1. The van der Waals surface area contributed by atoms with Crippen LogP contribution < -0.4 is 0 Å². The maximum absolute atomic E-state index is 12.6. The van der Waals surface area contributed by atoms with E-state index in [4.69, 9.17) is 4.74 Å². The van der Waals surface area contributed by atoms with Crippen LogP contribution in [0.3, 0.4) is 0 Å². The van der Waals surface area contributed by atoms with E-state index >= 15 is 0 Å². The number of aromatic nitrogens is 1. The summed E-state index contributed by atoms with van der Waals surface area (Å²) in [6.07, 6.45) is 7.87. The smallest absolute Gasteiger partial charge is 0.228 e. The number of amides is 1. The number of piperidine rings is 1. The molecule has 1 amide bonds. The zero-order valence-electron chi connectivity index (χ0n) is 12.7. The quantitative estimate of drug-likeness (QED) is 0.840. The van der Waals surface area contributed by atoms with Crippen molar-refractivity contribution >= 4 is 5.91 Å². The third-order valence-corrected chi connectivity index (χ3v) is 4.91. The number of nitrogens with zero attached hydrogens (tertiary/aromatic N) is 2. The average Bonchev–Trinajstić information content (AvgIpc) is 2.56. The van der Waals surface area contributed by atoms with Gasteiger partial charge in [0.15, 0.2) is 0 Å². The summed E-state index contributed by atoms with van der Waals surface area (Å²) >= 11 is 0. The van der Waals surface area contributed by atoms with E-state index in [1.54, 1.807) is 0 Å². The number of hydrogen-bond acceptors (Lipinski definition) is 3. The van der Waals surface area contributed by atoms with Crippen molar-refractivity contribution in [2.45, 2.75) is 44.6 Å². The molecule has 21 heavy (non-hydrogen) atoms. The van der Waals surface area contributed by atoms with Crippen LogP contribution in [0.5, 0.6) is 0 Å². The highest BCUT2D eigenvalue weighted by molar-refractivity contribution is 5.79. The largest absolute Gasteiger partial charge is 0.378 e. The highest BCUT2D eigenvalue weighted by Crippen LogP contribution is 2.30. The normalized spacial score (nSPS) is 27.6. The average molecular weight is 288 g/mol. The topological polar surface area (TPSA) is 42.4 Å². The van der Waals surface area contributed by atoms with E-state index in [-0.39, 0.29) is 12.0 Å². The minimum absolute atomic E-state index is 0.0659. The number of ether oxygens (including phenoxy) is 1. The van der Waals surface area contributed by atoms with Gasteiger partial charge in [-0.15, -0.1) is 0 Å². The van der Waals surface area contributed by atoms with Crippen LogP contribution in [0.25, 0.3) is 0 Å². The number of rotatable bonds is 2. The van der Waals surface area contributed by atoms with Crippen LogP contribution in [-0.2, 0) is 9.53 Å². The molecule has 0 aliphatic carbocycles. The lowest BCUT2D eigenvalue weighted by molar-refractivity contribution is -0.145. The molecule has 2 aliphatic heterocycles. The van der Waals surface area contributed by atoms with E-state index < -0.39 is 0 Å². The summed E-state index contributed by atoms with van der Waals surface area (Å²) in [6, 6.07) is 4.19. The Balaban J connectivity index is 1.57. The van der Waals surface area contributed by atoms with Crippen molar-refractivity contribution in [3.8, 4) is 0 Å². The fraction of sp³-hybridized carbons (Fsp3) is 0.647. The van der Waals surface area contributed by atoms with Crippen LogP contribution in [-0.4, -0.2) is 41.6 Å². The first-order chi connectivity index (χ1) is 10.3. The standard InChI is InChI=1S/C17H24N2O2/c1-13-16(3-2-12-21-13)17(20)19-10-6-15(7-11-19)14-4-8-18-9-5-14/h4-5,8-9,13,15-16H,2-3,6-7,10-12H2,1H3/t13-,16-/m0/s1. The second-order valence-corrected chi connectivity index (χ2v) is 6.20. The van der Waals surface area contributed by atoms with Gasteiger partial charge in [0, 0.05) is 32.1 Å². The van der Waals surface area contributed by atoms with E-state index in [1.807, 2.05) is 24.2 Å². The third-order valence-electron chi connectivity index (χ3n) is 4.91. The Morgan fingerprint density at radius 2 is 1.95 bits per heavy atom. The summed E-state index contributed by atoms with van der Waals surface area (Å²) in [7, 11) is 0. The monoisotopic (exact) mass is 288 g/mol. The molecular weight excluding hydrogens is 264 g/mol. The molecule has 2 atom stereocenters. The van der Waals surface area contributed by atoms with Crippen LogP contribution >= 0.6 is 0 Å². The maximum atomic E-state index is 12.6. The molecule has 4 heteroatoms. The molecule has 2 fully saturated rings. The molecule has 0 bridgehead atoms. The molecule has 1 aromatic rings. The van der Waals surface area contributed by atoms with Gasteiger partial charge in [0.05, 0.1) is 12.0 Å². The second kappa shape index (κ2) is 6.56. The molecule has 1 aromatic heterocycles. The van der Waals surface area contributed by atoms with Gasteiger partial charge in [-0.1, -0.05) is 0 Å². The first-order valence-electron chi connectivity index (χ1n) is 8.06. The van der Waals surface area contributed by atoms with Crippen LogP contribution in [0.2, 0.25) is 0 Å². The molecule has 114 valence electrons. The van der Waals surface area contributed by atoms with Crippen LogP contribution in [0, 0.1) is 5.92 Å². The van der Waals surface area contributed by atoms with Gasteiger partial charge in [0.25, 0.3) is 0 Å². The predicted octanol–water partition coefficient (Wildman–Crippen LogP) is 2.60. The van der Waals surface area contributed by atoms with Crippen molar-refractivity contribution in [2.75, 3.05) is 19.7 Å². The number of carbonyl (C=O) groups excluding carboxylic acids is 1. The number of pyridine rings is 1. The van der Waals surface area contributed by atoms with Crippen LogP contribution in [0.1, 0.15) is 44.1 Å². The lowest BCUT2D eigenvalue weighted by Gasteiger charge is -2.37. The summed E-state index contributed by atoms with van der Waals surface area (Å²) in [6.45, 7) is 4.57. The van der Waals surface area contributed by atoms with Gasteiger partial charge in [-0.3, -0.25) is 9.78 Å². The van der Waals surface area contributed by atoms with Crippen molar-refractivity contribution in [3.63, 3.8) is 0 Å². The van der Waals surface area contributed by atoms with Crippen molar-refractivity contribution in [1.29, 1.82) is 0 Å². The van der Waals surface area contributed by atoms with E-state index in [0.717, 1.165) is 45.4 Å². The fourth-order valence-corrected chi connectivity index (χ4v) is 3.55. The Kier molecular flexibility index (Phi) is 4.54. The molecule has 0 spiro atoms. The summed E-state index contributed by atoms with van der Waals surface area (Å²) in [5.41, 5.74) is 1.35. The Labute approximate surface area is 126 Å². The van der Waals surface area contributed by atoms with Gasteiger partial charge in [0.1, 0.15) is 0 Å². The summed E-state index contributed by atoms with van der Waals surface area (Å²) in [5, 5.41) is 0. The van der Waals surface area contributed by atoms with E-state index in [2.05, 4.69) is 17.1 Å². The zero-order chi connectivity index (χ0) is 14.7. The Hall–Kier alpha value is -1.42. The lowest BCUT2D eigenvalue weighted by Crippen LogP contribution is -2.45. The minimum Gasteiger partial charge on any atom is -0.378 e. The number of likely N-dealkylation sites (tertiary alicyclic amines) is 1. The molecule has 4 nitrogen and oxygen atoms in total. The maximum Gasteiger partial charge on any atom is 0.228 e. The third kappa shape index (κ3) is 3.26. The van der Waals surface area contributed by atoms with E-state index in [0.29, 0.717) is 11.8 Å². The zero-order valence-corrected chi connectivity index (χ0v) is 12.7. The second-order valence-electron chi connectivity index (χ2n) is 6.20. The minimum atomic E-state index is 0.0659. The molecule has 0 radical (unpaired) electrons. The first kappa shape index (κ1) is 14.5. The predicted molar refractivity (Wildman–Crippen MR) is 80.9 cm³/mol. The van der Waals surface area contributed by atoms with Crippen LogP contribution in [0.15, 0.2) is 24.5 Å². The summed E-state index contributed by atoms with van der Waals surface area (Å²) < 4.78 is 5.64. The molecule has 3 heterocycles. The van der Waals surface area contributed by atoms with E-state index in [1.165, 1.54) is 5.56 Å². The molecule has 3 rings (SSSR count). The van der Waals surface area contributed by atoms with Gasteiger partial charge in [-0.2, -0.15) is 0 Å². The molecule has 0 saturated carbocycles. The molecule has 0 N–H and O–H groups in total. The number of hydrogen-bond donors (Lipinski definition) is 0. The highest BCUT2D eigenvalue weighted by atomic mass is 16.5. The lowest BCUT2D eigenvalue weighted by atomic mass is 9.88. The van der Waals surface area contributed by atoms with Crippen LogP contribution in [0.4, 0.5) is 0 Å². The summed E-state index contributed by atoms with van der Waals surface area (Å²) in [5.74, 6) is 0.934. The fourth-order valence-electron chi connectivity index (χ4n) is 3.55. The molecule has 2 saturated heterocycles. The Bertz CT molecular complexity index is 469. The molecular formula is C17H24N2O2. The van der Waals surface area contributed by atoms with Crippen molar-refractivity contribution in [2.24, 2.45) is 5.92 Å². The Morgan fingerprint density at radius 1 is 1.24 bits per heavy atom. The number of carbonyl (C=O) groups is 1. The molecule has 0 aromatic carbocycles. The van der Waals surface area contributed by atoms with Gasteiger partial charge < -0.3 is 9.64 Å². The van der Waals surface area contributed by atoms with Gasteiger partial charge in [-0.25, -0.2) is 0 Å². The van der Waals surface area contributed by atoms with E-state index in [9.17, 15) is 4.79 Å². The first-order valence-corrected chi connectivity index (χ1v) is 8.06. The molecule has 0 unspecified atom stereocenters. The van der Waals surface area contributed by atoms with Crippen molar-refractivity contribution in [1.82, 2.24) is 9.88 Å². The molecule has 2 aliphatic rings. The Morgan fingerprint density at radius 3 is 2.62 bits per heavy atom. The van der Waals surface area contributed by atoms with Gasteiger partial charge >= 0.3 is 0 Å². The van der Waals surface area contributed by atoms with Gasteiger partial charge in [-0.05, 0) is 56.2 Å². The van der Waals surface area contributed by atoms with Gasteiger partial charge in [0.2, 0.25) is 5.91 Å². The highest BCUT2D eigenvalue weighted by Gasteiger charge is 2.33. The summed E-state index contributed by atoms with van der Waals surface area (Å²) in [4.78, 5) is 18.8. The van der Waals surface area contributed by atoms with Crippen molar-refractivity contribution < 1.29 is 9.53 Å².